The molecule has 0 aliphatic carbocycles. The molecule has 0 atom stereocenters. The van der Waals surface area contributed by atoms with Gasteiger partial charge in [-0.2, -0.15) is 10.4 Å². The van der Waals surface area contributed by atoms with Crippen LogP contribution in [-0.4, -0.2) is 34.4 Å². The number of aromatic nitrogens is 3. The fraction of sp³-hybridized carbons (Fsp3) is 0.375. The molecule has 0 spiro atoms. The van der Waals surface area contributed by atoms with Gasteiger partial charge in [0.05, 0.1) is 17.3 Å². The van der Waals surface area contributed by atoms with E-state index in [1.165, 1.54) is 19.3 Å². The van der Waals surface area contributed by atoms with Crippen molar-refractivity contribution >= 4 is 5.82 Å². The van der Waals surface area contributed by atoms with Crippen LogP contribution in [-0.2, 0) is 19.9 Å². The predicted octanol–water partition coefficient (Wildman–Crippen LogP) is 3.44. The number of nitrogens with zero attached hydrogens (tertiary/aromatic N) is 5. The molecule has 1 saturated heterocycles. The van der Waals surface area contributed by atoms with Crippen LogP contribution in [0.2, 0.25) is 0 Å². The summed E-state index contributed by atoms with van der Waals surface area (Å²) in [7, 11) is 2.00. The molecule has 1 fully saturated rings. The molecule has 0 unspecified atom stereocenters. The average Bonchev–Trinajstić information content (AvgIpc) is 3.15. The van der Waals surface area contributed by atoms with Crippen molar-refractivity contribution in [2.45, 2.75) is 32.1 Å². The molecule has 2 aromatic heterocycles. The van der Waals surface area contributed by atoms with Crippen molar-refractivity contribution in [2.75, 3.05) is 24.5 Å². The van der Waals surface area contributed by atoms with E-state index < -0.39 is 0 Å². The Morgan fingerprint density at radius 3 is 2.63 bits per heavy atom. The summed E-state index contributed by atoms with van der Waals surface area (Å²) in [5, 5.41) is 14.2. The van der Waals surface area contributed by atoms with E-state index in [1.54, 1.807) is 0 Å². The van der Waals surface area contributed by atoms with Gasteiger partial charge in [-0.25, -0.2) is 0 Å². The molecule has 2 N–H and O–H groups in total. The van der Waals surface area contributed by atoms with Crippen LogP contribution in [0.4, 0.5) is 5.82 Å². The van der Waals surface area contributed by atoms with Crippen LogP contribution in [0.5, 0.6) is 0 Å². The number of hydrogen-bond acceptors (Lipinski definition) is 5. The highest BCUT2D eigenvalue weighted by Crippen LogP contribution is 2.27. The zero-order valence-electron chi connectivity index (χ0n) is 17.5. The Morgan fingerprint density at radius 2 is 1.93 bits per heavy atom. The van der Waals surface area contributed by atoms with Crippen LogP contribution in [0, 0.1) is 11.3 Å². The second-order valence-electron chi connectivity index (χ2n) is 7.92. The summed E-state index contributed by atoms with van der Waals surface area (Å²) >= 11 is 0. The summed E-state index contributed by atoms with van der Waals surface area (Å²) in [4.78, 5) is 7.03. The molecule has 1 aromatic carbocycles. The van der Waals surface area contributed by atoms with Gasteiger partial charge >= 0.3 is 0 Å². The van der Waals surface area contributed by atoms with Crippen molar-refractivity contribution in [3.63, 3.8) is 0 Å². The molecule has 3 heterocycles. The van der Waals surface area contributed by atoms with E-state index in [1.807, 2.05) is 42.2 Å². The number of rotatable bonds is 6. The van der Waals surface area contributed by atoms with E-state index >= 15 is 0 Å². The van der Waals surface area contributed by atoms with Gasteiger partial charge in [-0.3, -0.25) is 9.67 Å². The molecule has 4 rings (SSSR count). The molecule has 0 amide bonds. The van der Waals surface area contributed by atoms with Gasteiger partial charge in [0.1, 0.15) is 0 Å². The first-order valence-electron chi connectivity index (χ1n) is 10.6. The van der Waals surface area contributed by atoms with Gasteiger partial charge < -0.3 is 10.6 Å². The molecule has 0 bridgehead atoms. The van der Waals surface area contributed by atoms with E-state index in [-0.39, 0.29) is 0 Å². The smallest absolute Gasteiger partial charge is 0.150 e. The fourth-order valence-corrected chi connectivity index (χ4v) is 4.09. The van der Waals surface area contributed by atoms with Gasteiger partial charge in [0.25, 0.3) is 0 Å². The minimum Gasteiger partial charge on any atom is -0.355 e. The summed E-state index contributed by atoms with van der Waals surface area (Å²) < 4.78 is 1.96. The number of nitriles is 1. The minimum absolute atomic E-state index is 0.614. The first kappa shape index (κ1) is 20.1. The number of aryl methyl sites for hydroxylation is 1. The van der Waals surface area contributed by atoms with E-state index in [9.17, 15) is 5.26 Å². The second kappa shape index (κ2) is 9.10. The Morgan fingerprint density at radius 1 is 1.10 bits per heavy atom. The molecule has 1 aliphatic heterocycles. The van der Waals surface area contributed by atoms with Gasteiger partial charge in [0.2, 0.25) is 0 Å². The van der Waals surface area contributed by atoms with E-state index in [2.05, 4.69) is 28.1 Å². The number of nitrogens with two attached hydrogens (primary N) is 1. The van der Waals surface area contributed by atoms with Gasteiger partial charge in [0.15, 0.2) is 5.82 Å². The molecule has 0 radical (unpaired) electrons. The summed E-state index contributed by atoms with van der Waals surface area (Å²) in [5.41, 5.74) is 11.6. The number of anilines is 1. The Hall–Kier alpha value is -3.17. The molecule has 0 saturated carbocycles. The second-order valence-corrected chi connectivity index (χ2v) is 7.92. The lowest BCUT2D eigenvalue weighted by Gasteiger charge is -2.26. The van der Waals surface area contributed by atoms with Crippen LogP contribution in [0.3, 0.4) is 0 Å². The molecule has 1 aliphatic rings. The summed E-state index contributed by atoms with van der Waals surface area (Å²) in [5.74, 6) is 1.05. The number of benzene rings is 1. The first-order valence-corrected chi connectivity index (χ1v) is 10.6. The zero-order chi connectivity index (χ0) is 20.9. The van der Waals surface area contributed by atoms with Gasteiger partial charge in [-0.15, -0.1) is 0 Å². The zero-order valence-corrected chi connectivity index (χ0v) is 17.5. The van der Waals surface area contributed by atoms with Gasteiger partial charge in [-0.05, 0) is 61.6 Å². The Balaban J connectivity index is 1.65. The van der Waals surface area contributed by atoms with Crippen molar-refractivity contribution in [2.24, 2.45) is 12.8 Å². The Kier molecular flexibility index (Phi) is 6.10. The molecule has 30 heavy (non-hydrogen) atoms. The van der Waals surface area contributed by atoms with Gasteiger partial charge in [-0.1, -0.05) is 12.1 Å². The number of pyridine rings is 1. The summed E-state index contributed by atoms with van der Waals surface area (Å²) in [6.45, 7) is 2.76. The van der Waals surface area contributed by atoms with Crippen molar-refractivity contribution < 1.29 is 0 Å². The van der Waals surface area contributed by atoms with Crippen molar-refractivity contribution in [3.05, 3.63) is 65.0 Å². The molecule has 6 heteroatoms. The monoisotopic (exact) mass is 400 g/mol. The van der Waals surface area contributed by atoms with Crippen molar-refractivity contribution in [1.29, 1.82) is 5.26 Å². The lowest BCUT2D eigenvalue weighted by Crippen LogP contribution is -2.29. The lowest BCUT2D eigenvalue weighted by atomic mass is 9.97. The van der Waals surface area contributed by atoms with E-state index in [0.29, 0.717) is 18.5 Å². The summed E-state index contributed by atoms with van der Waals surface area (Å²) in [6.07, 6.45) is 7.18. The Bertz CT molecular complexity index is 1040. The highest BCUT2D eigenvalue weighted by molar-refractivity contribution is 5.66. The highest BCUT2D eigenvalue weighted by Gasteiger charge is 2.17. The van der Waals surface area contributed by atoms with E-state index in [0.717, 1.165) is 53.4 Å². The highest BCUT2D eigenvalue weighted by atomic mass is 15.3. The normalized spacial score (nSPS) is 14.0. The maximum atomic E-state index is 9.41. The van der Waals surface area contributed by atoms with Crippen molar-refractivity contribution in [3.8, 4) is 17.3 Å². The topological polar surface area (TPSA) is 83.8 Å². The van der Waals surface area contributed by atoms with Crippen LogP contribution < -0.4 is 10.6 Å². The van der Waals surface area contributed by atoms with Crippen molar-refractivity contribution in [1.82, 2.24) is 14.8 Å². The standard InChI is InChI=1S/C24H28N6/c1-29-21(15-24(28-29)30-11-3-2-4-12-30)14-20-13-19(16-26)5-7-22(20)23-8-6-18(9-10-25)17-27-23/h5-8,13,15,17H,2-4,9-12,14,25H2,1H3. The van der Waals surface area contributed by atoms with E-state index in [4.69, 9.17) is 10.8 Å². The predicted molar refractivity (Wildman–Crippen MR) is 119 cm³/mol. The largest absolute Gasteiger partial charge is 0.355 e. The first-order chi connectivity index (χ1) is 14.7. The minimum atomic E-state index is 0.614. The van der Waals surface area contributed by atoms with Crippen LogP contribution in [0.25, 0.3) is 11.3 Å². The lowest BCUT2D eigenvalue weighted by molar-refractivity contribution is 0.569. The summed E-state index contributed by atoms with van der Waals surface area (Å²) in [6, 6.07) is 14.4. The fourth-order valence-electron chi connectivity index (χ4n) is 4.09. The van der Waals surface area contributed by atoms with Crippen LogP contribution in [0.15, 0.2) is 42.6 Å². The number of hydrogen-bond donors (Lipinski definition) is 1. The maximum Gasteiger partial charge on any atom is 0.150 e. The quantitative estimate of drug-likeness (QED) is 0.685. The molecule has 3 aromatic rings. The van der Waals surface area contributed by atoms with Crippen LogP contribution >= 0.6 is 0 Å². The average molecular weight is 401 g/mol. The molecule has 6 nitrogen and oxygen atoms in total. The third kappa shape index (κ3) is 4.37. The molecular formula is C24H28N6. The SMILES string of the molecule is Cn1nc(N2CCCCC2)cc1Cc1cc(C#N)ccc1-c1ccc(CCN)cn1. The van der Waals surface area contributed by atoms with Crippen LogP contribution in [0.1, 0.15) is 41.6 Å². The molecular weight excluding hydrogens is 372 g/mol. The Labute approximate surface area is 178 Å². The maximum absolute atomic E-state index is 9.41. The third-order valence-electron chi connectivity index (χ3n) is 5.78. The molecule has 154 valence electrons. The number of piperidine rings is 1. The third-order valence-corrected chi connectivity index (χ3v) is 5.78. The van der Waals surface area contributed by atoms with Gasteiger partial charge in [0, 0.05) is 50.1 Å².